The molecule has 0 N–H and O–H groups in total. The zero-order valence-corrected chi connectivity index (χ0v) is 13.2. The molecule has 2 rings (SSSR count). The van der Waals surface area contributed by atoms with Crippen molar-refractivity contribution in [2.45, 2.75) is 47.0 Å². The second-order valence-electron chi connectivity index (χ2n) is 6.98. The highest BCUT2D eigenvalue weighted by Crippen LogP contribution is 2.23. The molecule has 0 fully saturated rings. The fourth-order valence-corrected chi connectivity index (χ4v) is 2.43. The van der Waals surface area contributed by atoms with Gasteiger partial charge in [-0.25, -0.2) is 0 Å². The van der Waals surface area contributed by atoms with Crippen molar-refractivity contribution < 1.29 is 0 Å². The molecule has 20 heavy (non-hydrogen) atoms. The van der Waals surface area contributed by atoms with Gasteiger partial charge in [-0.2, -0.15) is 0 Å². The van der Waals surface area contributed by atoms with E-state index in [2.05, 4.69) is 76.2 Å². The Labute approximate surface area is 123 Å². The van der Waals surface area contributed by atoms with Gasteiger partial charge in [0, 0.05) is 0 Å². The van der Waals surface area contributed by atoms with E-state index in [4.69, 9.17) is 0 Å². The van der Waals surface area contributed by atoms with E-state index in [1.165, 1.54) is 41.5 Å². The summed E-state index contributed by atoms with van der Waals surface area (Å²) in [5, 5.41) is 0. The van der Waals surface area contributed by atoms with Crippen molar-refractivity contribution in [3.8, 4) is 11.1 Å². The highest BCUT2D eigenvalue weighted by molar-refractivity contribution is 5.63. The molecule has 0 aliphatic carbocycles. The van der Waals surface area contributed by atoms with Crippen LogP contribution in [0.3, 0.4) is 0 Å². The van der Waals surface area contributed by atoms with E-state index in [0.29, 0.717) is 5.41 Å². The van der Waals surface area contributed by atoms with Gasteiger partial charge in [-0.3, -0.25) is 0 Å². The molecule has 2 aromatic carbocycles. The summed E-state index contributed by atoms with van der Waals surface area (Å²) >= 11 is 0. The Morgan fingerprint density at radius 3 is 1.75 bits per heavy atom. The summed E-state index contributed by atoms with van der Waals surface area (Å²) in [4.78, 5) is 0. The van der Waals surface area contributed by atoms with Crippen LogP contribution in [0, 0.1) is 12.3 Å². The van der Waals surface area contributed by atoms with E-state index in [-0.39, 0.29) is 0 Å². The van der Waals surface area contributed by atoms with Crippen LogP contribution in [-0.4, -0.2) is 0 Å². The van der Waals surface area contributed by atoms with Gasteiger partial charge in [-0.15, -0.1) is 0 Å². The SMILES string of the molecule is Cc1ccc(-c2ccc(CCCC(C)(C)C)cc2)cc1. The van der Waals surface area contributed by atoms with Gasteiger partial charge >= 0.3 is 0 Å². The Hall–Kier alpha value is -1.56. The first-order valence-corrected chi connectivity index (χ1v) is 7.60. The van der Waals surface area contributed by atoms with Crippen LogP contribution in [0.5, 0.6) is 0 Å². The van der Waals surface area contributed by atoms with Gasteiger partial charge in [0.1, 0.15) is 0 Å². The Balaban J connectivity index is 1.98. The Kier molecular flexibility index (Phi) is 4.65. The molecule has 2 aromatic rings. The van der Waals surface area contributed by atoms with Crippen LogP contribution in [0.4, 0.5) is 0 Å². The number of aryl methyl sites for hydroxylation is 2. The summed E-state index contributed by atoms with van der Waals surface area (Å²) in [5.41, 5.74) is 5.82. The molecule has 0 aliphatic heterocycles. The fourth-order valence-electron chi connectivity index (χ4n) is 2.43. The van der Waals surface area contributed by atoms with E-state index in [1.54, 1.807) is 0 Å². The van der Waals surface area contributed by atoms with Crippen LogP contribution in [0.1, 0.15) is 44.7 Å². The molecular weight excluding hydrogens is 240 g/mol. The number of hydrogen-bond acceptors (Lipinski definition) is 0. The maximum absolute atomic E-state index is 2.31. The van der Waals surface area contributed by atoms with Crippen LogP contribution < -0.4 is 0 Å². The molecule has 0 heterocycles. The first-order valence-electron chi connectivity index (χ1n) is 7.60. The largest absolute Gasteiger partial charge is 0.0602 e. The lowest BCUT2D eigenvalue weighted by Gasteiger charge is -2.17. The predicted octanol–water partition coefficient (Wildman–Crippen LogP) is 6.03. The summed E-state index contributed by atoms with van der Waals surface area (Å²) in [6, 6.07) is 17.8. The van der Waals surface area contributed by atoms with Gasteiger partial charge in [0.05, 0.1) is 0 Å². The average molecular weight is 266 g/mol. The molecule has 0 amide bonds. The lowest BCUT2D eigenvalue weighted by molar-refractivity contribution is 0.365. The van der Waals surface area contributed by atoms with Crippen LogP contribution in [0.15, 0.2) is 48.5 Å². The maximum Gasteiger partial charge on any atom is -0.0184 e. The van der Waals surface area contributed by atoms with Crippen LogP contribution in [0.25, 0.3) is 11.1 Å². The zero-order chi connectivity index (χ0) is 14.6. The summed E-state index contributed by atoms with van der Waals surface area (Å²) in [7, 11) is 0. The molecule has 0 unspecified atom stereocenters. The molecule has 0 saturated carbocycles. The van der Waals surface area contributed by atoms with E-state index in [0.717, 1.165) is 0 Å². The van der Waals surface area contributed by atoms with Crippen LogP contribution >= 0.6 is 0 Å². The average Bonchev–Trinajstić information content (AvgIpc) is 2.39. The van der Waals surface area contributed by atoms with E-state index < -0.39 is 0 Å². The second-order valence-corrected chi connectivity index (χ2v) is 6.98. The normalized spacial score (nSPS) is 11.6. The van der Waals surface area contributed by atoms with E-state index in [1.807, 2.05) is 0 Å². The van der Waals surface area contributed by atoms with Crippen molar-refractivity contribution in [2.75, 3.05) is 0 Å². The maximum atomic E-state index is 2.31. The zero-order valence-electron chi connectivity index (χ0n) is 13.2. The smallest absolute Gasteiger partial charge is 0.0184 e. The van der Waals surface area contributed by atoms with Crippen LogP contribution in [0.2, 0.25) is 0 Å². The second kappa shape index (κ2) is 6.26. The molecule has 0 aliphatic rings. The van der Waals surface area contributed by atoms with Gasteiger partial charge in [0.25, 0.3) is 0 Å². The third-order valence-electron chi connectivity index (χ3n) is 3.73. The highest BCUT2D eigenvalue weighted by Gasteiger charge is 2.09. The molecule has 0 saturated heterocycles. The van der Waals surface area contributed by atoms with Gasteiger partial charge in [0.2, 0.25) is 0 Å². The third kappa shape index (κ3) is 4.52. The van der Waals surface area contributed by atoms with E-state index in [9.17, 15) is 0 Å². The third-order valence-corrected chi connectivity index (χ3v) is 3.73. The fraction of sp³-hybridized carbons (Fsp3) is 0.400. The lowest BCUT2D eigenvalue weighted by atomic mass is 9.89. The van der Waals surface area contributed by atoms with Gasteiger partial charge < -0.3 is 0 Å². The van der Waals surface area contributed by atoms with Crippen molar-refractivity contribution in [3.63, 3.8) is 0 Å². The van der Waals surface area contributed by atoms with Crippen molar-refractivity contribution in [2.24, 2.45) is 5.41 Å². The summed E-state index contributed by atoms with van der Waals surface area (Å²) in [6.07, 6.45) is 3.74. The molecular formula is C20H26. The summed E-state index contributed by atoms with van der Waals surface area (Å²) < 4.78 is 0. The van der Waals surface area contributed by atoms with Crippen molar-refractivity contribution >= 4 is 0 Å². The molecule has 0 radical (unpaired) electrons. The number of hydrogen-bond donors (Lipinski definition) is 0. The summed E-state index contributed by atoms with van der Waals surface area (Å²) in [6.45, 7) is 9.07. The van der Waals surface area contributed by atoms with Gasteiger partial charge in [0.15, 0.2) is 0 Å². The van der Waals surface area contributed by atoms with Crippen molar-refractivity contribution in [3.05, 3.63) is 59.7 Å². The molecule has 0 spiro atoms. The van der Waals surface area contributed by atoms with Crippen molar-refractivity contribution in [1.29, 1.82) is 0 Å². The summed E-state index contributed by atoms with van der Waals surface area (Å²) in [5.74, 6) is 0. The molecule has 0 atom stereocenters. The highest BCUT2D eigenvalue weighted by atomic mass is 14.1. The monoisotopic (exact) mass is 266 g/mol. The van der Waals surface area contributed by atoms with Crippen molar-refractivity contribution in [1.82, 2.24) is 0 Å². The van der Waals surface area contributed by atoms with Crippen LogP contribution in [-0.2, 0) is 6.42 Å². The molecule has 106 valence electrons. The topological polar surface area (TPSA) is 0 Å². The lowest BCUT2D eigenvalue weighted by Crippen LogP contribution is -2.04. The predicted molar refractivity (Wildman–Crippen MR) is 89.0 cm³/mol. The Morgan fingerprint density at radius 2 is 1.25 bits per heavy atom. The molecule has 0 bridgehead atoms. The number of rotatable bonds is 4. The quantitative estimate of drug-likeness (QED) is 0.633. The standard InChI is InChI=1S/C20H26/c1-16-7-11-18(12-8-16)19-13-9-17(10-14-19)6-5-15-20(2,3)4/h7-14H,5-6,15H2,1-4H3. The first kappa shape index (κ1) is 14.8. The Bertz CT molecular complexity index is 524. The first-order chi connectivity index (χ1) is 9.44. The number of benzene rings is 2. The molecule has 0 heteroatoms. The minimum atomic E-state index is 0.446. The Morgan fingerprint density at radius 1 is 0.750 bits per heavy atom. The molecule has 0 aromatic heterocycles. The minimum Gasteiger partial charge on any atom is -0.0602 e. The van der Waals surface area contributed by atoms with Gasteiger partial charge in [-0.05, 0) is 48.3 Å². The van der Waals surface area contributed by atoms with Gasteiger partial charge in [-0.1, -0.05) is 74.9 Å². The minimum absolute atomic E-state index is 0.446. The molecule has 0 nitrogen and oxygen atoms in total. The van der Waals surface area contributed by atoms with E-state index >= 15 is 0 Å².